The molecule has 6 heteroatoms. The van der Waals surface area contributed by atoms with E-state index in [0.717, 1.165) is 18.6 Å². The summed E-state index contributed by atoms with van der Waals surface area (Å²) < 4.78 is 0. The van der Waals surface area contributed by atoms with Crippen LogP contribution in [0.25, 0.3) is 0 Å². The average Bonchev–Trinajstić information content (AvgIpc) is 1.96. The molecule has 3 N–H and O–H groups in total. The van der Waals surface area contributed by atoms with Crippen molar-refractivity contribution in [1.82, 2.24) is 0 Å². The number of hydrogen-bond donors (Lipinski definition) is 2. The summed E-state index contributed by atoms with van der Waals surface area (Å²) in [5, 5.41) is 11.6. The van der Waals surface area contributed by atoms with Crippen LogP contribution in [0.2, 0.25) is 0 Å². The summed E-state index contributed by atoms with van der Waals surface area (Å²) >= 11 is 1.50. The van der Waals surface area contributed by atoms with Crippen LogP contribution in [0, 0.1) is 0 Å². The molecule has 0 aromatic carbocycles. The summed E-state index contributed by atoms with van der Waals surface area (Å²) in [5.74, 6) is 5.00. The van der Waals surface area contributed by atoms with Gasteiger partial charge in [-0.1, -0.05) is 0 Å². The molecule has 0 saturated carbocycles. The first-order valence-electron chi connectivity index (χ1n) is 3.32. The van der Waals surface area contributed by atoms with Gasteiger partial charge in [0.05, 0.1) is 5.55 Å². The lowest BCUT2D eigenvalue weighted by Crippen LogP contribution is -1.94. The monoisotopic (exact) mass is 304 g/mol. The molecule has 0 aliphatic rings. The standard InChI is InChI=1S/C6H12N2O2S.HI/c7-8-5-11-4-2-1-3-6(9)10;/h5H,1-4,7H2,(H,9,10);1H. The van der Waals surface area contributed by atoms with Crippen molar-refractivity contribution in [2.45, 2.75) is 19.3 Å². The van der Waals surface area contributed by atoms with Gasteiger partial charge in [0.2, 0.25) is 0 Å². The highest BCUT2D eigenvalue weighted by atomic mass is 127. The van der Waals surface area contributed by atoms with Gasteiger partial charge in [-0.15, -0.1) is 35.7 Å². The molecule has 72 valence electrons. The SMILES string of the molecule is I.NN=CSCCCCC(=O)O. The molecule has 0 atom stereocenters. The van der Waals surface area contributed by atoms with Crippen molar-refractivity contribution < 1.29 is 9.90 Å². The van der Waals surface area contributed by atoms with Gasteiger partial charge in [0.15, 0.2) is 0 Å². The highest BCUT2D eigenvalue weighted by molar-refractivity contribution is 14.0. The zero-order chi connectivity index (χ0) is 8.53. The number of nitrogens with zero attached hydrogens (tertiary/aromatic N) is 1. The Labute approximate surface area is 93.0 Å². The molecule has 0 aliphatic heterocycles. The largest absolute Gasteiger partial charge is 0.481 e. The Morgan fingerprint density at radius 1 is 1.58 bits per heavy atom. The van der Waals surface area contributed by atoms with Crippen LogP contribution in [-0.2, 0) is 4.79 Å². The van der Waals surface area contributed by atoms with E-state index in [-0.39, 0.29) is 30.4 Å². The van der Waals surface area contributed by atoms with E-state index in [4.69, 9.17) is 10.9 Å². The Morgan fingerprint density at radius 3 is 2.75 bits per heavy atom. The predicted octanol–water partition coefficient (Wildman–Crippen LogP) is 1.49. The van der Waals surface area contributed by atoms with Gasteiger partial charge >= 0.3 is 5.97 Å². The summed E-state index contributed by atoms with van der Waals surface area (Å²) in [6.07, 6.45) is 1.87. The van der Waals surface area contributed by atoms with Crippen LogP contribution < -0.4 is 5.84 Å². The fourth-order valence-electron chi connectivity index (χ4n) is 0.557. The number of thioether (sulfide) groups is 1. The lowest BCUT2D eigenvalue weighted by Gasteiger charge is -1.93. The van der Waals surface area contributed by atoms with E-state index in [2.05, 4.69) is 5.10 Å². The van der Waals surface area contributed by atoms with Gasteiger partial charge < -0.3 is 10.9 Å². The van der Waals surface area contributed by atoms with Crippen LogP contribution >= 0.6 is 35.7 Å². The molecule has 0 spiro atoms. The van der Waals surface area contributed by atoms with Crippen molar-refractivity contribution in [3.8, 4) is 0 Å². The van der Waals surface area contributed by atoms with Gasteiger partial charge in [-0.05, 0) is 18.6 Å². The van der Waals surface area contributed by atoms with Crippen molar-refractivity contribution >= 4 is 47.3 Å². The maximum Gasteiger partial charge on any atom is 0.303 e. The average molecular weight is 304 g/mol. The highest BCUT2D eigenvalue weighted by Crippen LogP contribution is 2.02. The molecule has 0 bridgehead atoms. The molecule has 0 aromatic rings. The Morgan fingerprint density at radius 2 is 2.25 bits per heavy atom. The van der Waals surface area contributed by atoms with E-state index in [0.29, 0.717) is 0 Å². The third-order valence-corrected chi connectivity index (χ3v) is 1.83. The molecule has 0 amide bonds. The highest BCUT2D eigenvalue weighted by Gasteiger charge is 1.94. The first-order valence-corrected chi connectivity index (χ1v) is 4.37. The fraction of sp³-hybridized carbons (Fsp3) is 0.667. The number of carboxylic acid groups (broad SMARTS) is 1. The van der Waals surface area contributed by atoms with Gasteiger partial charge in [-0.3, -0.25) is 4.79 Å². The summed E-state index contributed by atoms with van der Waals surface area (Å²) in [4.78, 5) is 10.0. The molecular weight excluding hydrogens is 291 g/mol. The van der Waals surface area contributed by atoms with E-state index in [1.165, 1.54) is 11.8 Å². The Kier molecular flexibility index (Phi) is 13.4. The molecule has 0 aromatic heterocycles. The Bertz CT molecular complexity index is 144. The number of halogens is 1. The quantitative estimate of drug-likeness (QED) is 0.195. The Hall–Kier alpha value is 0.0200. The molecule has 12 heavy (non-hydrogen) atoms. The van der Waals surface area contributed by atoms with Crippen LogP contribution in [0.5, 0.6) is 0 Å². The summed E-state index contributed by atoms with van der Waals surface area (Å²) in [5.41, 5.74) is 1.56. The summed E-state index contributed by atoms with van der Waals surface area (Å²) in [6.45, 7) is 0. The number of hydrazone groups is 1. The van der Waals surface area contributed by atoms with Gasteiger partial charge in [-0.2, -0.15) is 5.10 Å². The van der Waals surface area contributed by atoms with E-state index >= 15 is 0 Å². The van der Waals surface area contributed by atoms with Gasteiger partial charge in [0.25, 0.3) is 0 Å². The van der Waals surface area contributed by atoms with E-state index in [1.54, 1.807) is 5.55 Å². The number of carbonyl (C=O) groups is 1. The molecule has 0 rings (SSSR count). The third-order valence-electron chi connectivity index (χ3n) is 1.04. The number of hydrogen-bond acceptors (Lipinski definition) is 4. The van der Waals surface area contributed by atoms with Crippen LogP contribution in [0.15, 0.2) is 5.10 Å². The second-order valence-corrected chi connectivity index (χ2v) is 2.93. The third kappa shape index (κ3) is 12.7. The molecule has 0 unspecified atom stereocenters. The van der Waals surface area contributed by atoms with Gasteiger partial charge in [0.1, 0.15) is 0 Å². The molecule has 0 fully saturated rings. The van der Waals surface area contributed by atoms with Crippen molar-refractivity contribution in [1.29, 1.82) is 0 Å². The minimum Gasteiger partial charge on any atom is -0.481 e. The molecular formula is C6H13IN2O2S. The maximum absolute atomic E-state index is 10.0. The lowest BCUT2D eigenvalue weighted by molar-refractivity contribution is -0.137. The molecule has 0 radical (unpaired) electrons. The second-order valence-electron chi connectivity index (χ2n) is 1.98. The minimum absolute atomic E-state index is 0. The number of carboxylic acids is 1. The smallest absolute Gasteiger partial charge is 0.303 e. The fourth-order valence-corrected chi connectivity index (χ4v) is 1.12. The van der Waals surface area contributed by atoms with Crippen molar-refractivity contribution in [3.63, 3.8) is 0 Å². The van der Waals surface area contributed by atoms with Gasteiger partial charge in [-0.25, -0.2) is 0 Å². The second kappa shape index (κ2) is 11.0. The number of aliphatic carboxylic acids is 1. The zero-order valence-electron chi connectivity index (χ0n) is 6.60. The molecule has 4 nitrogen and oxygen atoms in total. The Balaban J connectivity index is 0. The summed E-state index contributed by atoms with van der Waals surface area (Å²) in [6, 6.07) is 0. The molecule has 0 saturated heterocycles. The van der Waals surface area contributed by atoms with Crippen molar-refractivity contribution in [2.24, 2.45) is 10.9 Å². The zero-order valence-corrected chi connectivity index (χ0v) is 9.75. The van der Waals surface area contributed by atoms with Crippen LogP contribution in [0.3, 0.4) is 0 Å². The summed E-state index contributed by atoms with van der Waals surface area (Å²) in [7, 11) is 0. The normalized spacial score (nSPS) is 9.67. The first kappa shape index (κ1) is 14.5. The predicted molar refractivity (Wildman–Crippen MR) is 62.0 cm³/mol. The van der Waals surface area contributed by atoms with Crippen LogP contribution in [-0.4, -0.2) is 22.4 Å². The first-order chi connectivity index (χ1) is 5.27. The maximum atomic E-state index is 10.0. The van der Waals surface area contributed by atoms with E-state index in [9.17, 15) is 4.79 Å². The van der Waals surface area contributed by atoms with Crippen molar-refractivity contribution in [3.05, 3.63) is 0 Å². The van der Waals surface area contributed by atoms with Gasteiger partial charge in [0, 0.05) is 6.42 Å². The van der Waals surface area contributed by atoms with E-state index < -0.39 is 5.97 Å². The van der Waals surface area contributed by atoms with E-state index in [1.807, 2.05) is 0 Å². The number of rotatable bonds is 6. The van der Waals surface area contributed by atoms with Crippen LogP contribution in [0.1, 0.15) is 19.3 Å². The minimum atomic E-state index is -0.734. The topological polar surface area (TPSA) is 75.7 Å². The molecule has 0 aliphatic carbocycles. The van der Waals surface area contributed by atoms with Crippen molar-refractivity contribution in [2.75, 3.05) is 5.75 Å². The molecule has 0 heterocycles. The number of nitrogens with two attached hydrogens (primary N) is 1. The van der Waals surface area contributed by atoms with Crippen LogP contribution in [0.4, 0.5) is 0 Å². The number of unbranched alkanes of at least 4 members (excludes halogenated alkanes) is 1. The lowest BCUT2D eigenvalue weighted by atomic mass is 10.3.